The molecule has 2 N–H and O–H groups in total. The average molecular weight is 316 g/mol. The Hall–Kier alpha value is -2.15. The van der Waals surface area contributed by atoms with E-state index in [2.05, 4.69) is 31.5 Å². The first-order chi connectivity index (χ1) is 11.3. The number of hydrogen-bond acceptors (Lipinski definition) is 4. The van der Waals surface area contributed by atoms with Crippen molar-refractivity contribution in [3.8, 4) is 0 Å². The molecule has 7 nitrogen and oxygen atoms in total. The van der Waals surface area contributed by atoms with Crippen molar-refractivity contribution in [1.29, 1.82) is 0 Å². The van der Waals surface area contributed by atoms with Crippen molar-refractivity contribution in [2.75, 3.05) is 13.1 Å². The normalized spacial score (nSPS) is 14.3. The lowest BCUT2D eigenvalue weighted by atomic mass is 10.2. The molecule has 1 aliphatic rings. The first kappa shape index (κ1) is 15.7. The van der Waals surface area contributed by atoms with E-state index in [-0.39, 0.29) is 5.91 Å². The van der Waals surface area contributed by atoms with Gasteiger partial charge in [-0.3, -0.25) is 9.48 Å². The fourth-order valence-electron chi connectivity index (χ4n) is 2.78. The van der Waals surface area contributed by atoms with Gasteiger partial charge in [0.15, 0.2) is 0 Å². The van der Waals surface area contributed by atoms with Gasteiger partial charge in [-0.1, -0.05) is 0 Å². The van der Waals surface area contributed by atoms with Crippen LogP contribution in [0, 0.1) is 0 Å². The molecule has 0 aromatic carbocycles. The molecule has 0 aliphatic carbocycles. The highest BCUT2D eigenvalue weighted by Crippen LogP contribution is 2.10. The van der Waals surface area contributed by atoms with Crippen molar-refractivity contribution in [1.82, 2.24) is 30.0 Å². The standard InChI is InChI=1S/C16H24N6O/c23-16(19-6-2-8-21-10-7-18-13-21)4-3-14-11-15-12-17-5-1-9-22(15)20-14/h7,10-11,13,17H,1-6,8-9,12H2,(H,19,23). The van der Waals surface area contributed by atoms with Gasteiger partial charge in [-0.15, -0.1) is 0 Å². The zero-order valence-electron chi connectivity index (χ0n) is 13.4. The number of hydrogen-bond donors (Lipinski definition) is 2. The number of carbonyl (C=O) groups excluding carboxylic acids is 1. The fourth-order valence-corrected chi connectivity index (χ4v) is 2.78. The van der Waals surface area contributed by atoms with Gasteiger partial charge in [-0.25, -0.2) is 4.98 Å². The molecule has 0 saturated heterocycles. The van der Waals surface area contributed by atoms with Crippen LogP contribution < -0.4 is 10.6 Å². The number of aryl methyl sites for hydroxylation is 3. The molecule has 7 heteroatoms. The summed E-state index contributed by atoms with van der Waals surface area (Å²) in [5.41, 5.74) is 2.23. The summed E-state index contributed by atoms with van der Waals surface area (Å²) in [5, 5.41) is 10.9. The SMILES string of the molecule is O=C(CCc1cc2n(n1)CCCNC2)NCCCn1ccnc1. The van der Waals surface area contributed by atoms with Gasteiger partial charge in [0, 0.05) is 51.4 Å². The van der Waals surface area contributed by atoms with Crippen LogP contribution in [0.25, 0.3) is 0 Å². The third-order valence-electron chi connectivity index (χ3n) is 4.03. The molecule has 0 atom stereocenters. The van der Waals surface area contributed by atoms with Crippen molar-refractivity contribution < 1.29 is 4.79 Å². The Kier molecular flexibility index (Phi) is 5.42. The minimum atomic E-state index is 0.0944. The van der Waals surface area contributed by atoms with E-state index in [1.807, 2.05) is 10.8 Å². The minimum absolute atomic E-state index is 0.0944. The van der Waals surface area contributed by atoms with Crippen molar-refractivity contribution in [2.45, 2.75) is 45.3 Å². The fraction of sp³-hybridized carbons (Fsp3) is 0.562. The Morgan fingerprint density at radius 3 is 3.26 bits per heavy atom. The van der Waals surface area contributed by atoms with Crippen LogP contribution >= 0.6 is 0 Å². The summed E-state index contributed by atoms with van der Waals surface area (Å²) in [4.78, 5) is 15.9. The molecule has 1 aliphatic heterocycles. The van der Waals surface area contributed by atoms with Crippen LogP contribution in [0.3, 0.4) is 0 Å². The summed E-state index contributed by atoms with van der Waals surface area (Å²) in [5.74, 6) is 0.0944. The maximum Gasteiger partial charge on any atom is 0.220 e. The molecule has 0 radical (unpaired) electrons. The third kappa shape index (κ3) is 4.66. The second kappa shape index (κ2) is 7.92. The van der Waals surface area contributed by atoms with Crippen molar-refractivity contribution in [2.24, 2.45) is 0 Å². The molecule has 0 bridgehead atoms. The first-order valence-electron chi connectivity index (χ1n) is 8.30. The number of rotatable bonds is 7. The van der Waals surface area contributed by atoms with Gasteiger partial charge in [-0.2, -0.15) is 5.10 Å². The summed E-state index contributed by atoms with van der Waals surface area (Å²) in [6.07, 6.45) is 8.69. The maximum atomic E-state index is 11.9. The number of aromatic nitrogens is 4. The first-order valence-corrected chi connectivity index (χ1v) is 8.30. The van der Waals surface area contributed by atoms with Crippen LogP contribution in [0.15, 0.2) is 24.8 Å². The molecule has 0 unspecified atom stereocenters. The molecule has 3 heterocycles. The Morgan fingerprint density at radius 2 is 2.39 bits per heavy atom. The Balaban J connectivity index is 1.35. The number of fused-ring (bicyclic) bond motifs is 1. The van der Waals surface area contributed by atoms with Crippen LogP contribution in [-0.4, -0.2) is 38.3 Å². The molecule has 124 valence electrons. The zero-order chi connectivity index (χ0) is 15.9. The van der Waals surface area contributed by atoms with Gasteiger partial charge in [0.05, 0.1) is 17.7 Å². The van der Waals surface area contributed by atoms with Crippen LogP contribution in [0.1, 0.15) is 30.7 Å². The molecular weight excluding hydrogens is 292 g/mol. The molecule has 2 aromatic heterocycles. The summed E-state index contributed by atoms with van der Waals surface area (Å²) >= 11 is 0. The lowest BCUT2D eigenvalue weighted by Crippen LogP contribution is -2.25. The molecule has 0 spiro atoms. The lowest BCUT2D eigenvalue weighted by Gasteiger charge is -2.05. The molecule has 2 aromatic rings. The zero-order valence-corrected chi connectivity index (χ0v) is 13.4. The largest absolute Gasteiger partial charge is 0.356 e. The van der Waals surface area contributed by atoms with Gasteiger partial charge in [-0.05, 0) is 25.5 Å². The van der Waals surface area contributed by atoms with Crippen LogP contribution in [0.2, 0.25) is 0 Å². The second-order valence-corrected chi connectivity index (χ2v) is 5.88. The van der Waals surface area contributed by atoms with E-state index in [0.29, 0.717) is 19.4 Å². The summed E-state index contributed by atoms with van der Waals surface area (Å²) in [7, 11) is 0. The van der Waals surface area contributed by atoms with Gasteiger partial charge in [0.2, 0.25) is 5.91 Å². The lowest BCUT2D eigenvalue weighted by molar-refractivity contribution is -0.121. The number of nitrogens with zero attached hydrogens (tertiary/aromatic N) is 4. The van der Waals surface area contributed by atoms with Crippen molar-refractivity contribution in [3.63, 3.8) is 0 Å². The highest BCUT2D eigenvalue weighted by molar-refractivity contribution is 5.76. The Labute approximate surface area is 136 Å². The number of imidazole rings is 1. The quantitative estimate of drug-likeness (QED) is 0.738. The maximum absolute atomic E-state index is 11.9. The molecule has 0 fully saturated rings. The van der Waals surface area contributed by atoms with E-state index in [1.54, 1.807) is 12.5 Å². The van der Waals surface area contributed by atoms with E-state index in [4.69, 9.17) is 0 Å². The summed E-state index contributed by atoms with van der Waals surface area (Å²) in [6.45, 7) is 4.44. The smallest absolute Gasteiger partial charge is 0.220 e. The topological polar surface area (TPSA) is 76.8 Å². The highest BCUT2D eigenvalue weighted by atomic mass is 16.1. The summed E-state index contributed by atoms with van der Waals surface area (Å²) in [6, 6.07) is 2.12. The number of amides is 1. The predicted molar refractivity (Wildman–Crippen MR) is 86.7 cm³/mol. The third-order valence-corrected chi connectivity index (χ3v) is 4.03. The molecule has 23 heavy (non-hydrogen) atoms. The predicted octanol–water partition coefficient (Wildman–Crippen LogP) is 0.712. The van der Waals surface area contributed by atoms with E-state index in [9.17, 15) is 4.79 Å². The van der Waals surface area contributed by atoms with Crippen LogP contribution in [0.4, 0.5) is 0 Å². The van der Waals surface area contributed by atoms with E-state index in [1.165, 1.54) is 5.69 Å². The molecular formula is C16H24N6O. The Bertz CT molecular complexity index is 595. The van der Waals surface area contributed by atoms with Crippen LogP contribution in [0.5, 0.6) is 0 Å². The van der Waals surface area contributed by atoms with E-state index >= 15 is 0 Å². The molecule has 1 amide bonds. The number of carbonyl (C=O) groups is 1. The van der Waals surface area contributed by atoms with E-state index in [0.717, 1.165) is 44.7 Å². The van der Waals surface area contributed by atoms with Crippen molar-refractivity contribution in [3.05, 3.63) is 36.2 Å². The van der Waals surface area contributed by atoms with Gasteiger partial charge >= 0.3 is 0 Å². The van der Waals surface area contributed by atoms with Crippen molar-refractivity contribution >= 4 is 5.91 Å². The summed E-state index contributed by atoms with van der Waals surface area (Å²) < 4.78 is 4.08. The number of nitrogens with one attached hydrogen (secondary N) is 2. The molecule has 0 saturated carbocycles. The monoisotopic (exact) mass is 316 g/mol. The van der Waals surface area contributed by atoms with E-state index < -0.39 is 0 Å². The molecule has 3 rings (SSSR count). The van der Waals surface area contributed by atoms with Gasteiger partial charge < -0.3 is 15.2 Å². The Morgan fingerprint density at radius 1 is 1.43 bits per heavy atom. The van der Waals surface area contributed by atoms with Gasteiger partial charge in [0.1, 0.15) is 0 Å². The minimum Gasteiger partial charge on any atom is -0.356 e. The highest BCUT2D eigenvalue weighted by Gasteiger charge is 2.11. The second-order valence-electron chi connectivity index (χ2n) is 5.88. The average Bonchev–Trinajstić information content (AvgIpc) is 3.15. The van der Waals surface area contributed by atoms with Gasteiger partial charge in [0.25, 0.3) is 0 Å². The van der Waals surface area contributed by atoms with Crippen LogP contribution in [-0.2, 0) is 30.8 Å².